The van der Waals surface area contributed by atoms with Crippen molar-refractivity contribution in [2.45, 2.75) is 40.0 Å². The van der Waals surface area contributed by atoms with Crippen LogP contribution in [0, 0.1) is 0 Å². The first kappa shape index (κ1) is 13.8. The van der Waals surface area contributed by atoms with Crippen LogP contribution in [0.25, 0.3) is 0 Å². The molecular formula is C10H20O2. The average Bonchev–Trinajstić information content (AvgIpc) is 2.01. The van der Waals surface area contributed by atoms with Crippen molar-refractivity contribution in [2.24, 2.45) is 0 Å². The monoisotopic (exact) mass is 172 g/mol. The molecule has 0 aliphatic heterocycles. The first-order valence-corrected chi connectivity index (χ1v) is 4.07. The van der Waals surface area contributed by atoms with Gasteiger partial charge in [0.2, 0.25) is 0 Å². The van der Waals surface area contributed by atoms with Gasteiger partial charge >= 0.3 is 5.97 Å². The molecule has 0 fully saturated rings. The molecule has 0 saturated carbocycles. The normalized spacial score (nSPS) is 8.42. The Bertz CT molecular complexity index is 119. The quantitative estimate of drug-likeness (QED) is 0.350. The lowest BCUT2D eigenvalue weighted by Crippen LogP contribution is -2.03. The van der Waals surface area contributed by atoms with Crippen LogP contribution in [0.4, 0.5) is 0 Å². The predicted molar refractivity (Wildman–Crippen MR) is 52.0 cm³/mol. The Hall–Kier alpha value is -0.790. The van der Waals surface area contributed by atoms with Crippen LogP contribution in [0.3, 0.4) is 0 Å². The molecule has 0 spiro atoms. The van der Waals surface area contributed by atoms with E-state index in [2.05, 4.69) is 13.5 Å². The fourth-order valence-corrected chi connectivity index (χ4v) is 0.743. The Morgan fingerprint density at radius 3 is 2.67 bits per heavy atom. The molecule has 2 nitrogen and oxygen atoms in total. The standard InChI is InChI=1S/C9H16O2.CH4/c1-3-5-6-7-9(10)11-8-4-2;/h4H,2-3,5-8H2,1H3;1H4. The fourth-order valence-electron chi connectivity index (χ4n) is 0.743. The molecule has 0 unspecified atom stereocenters. The highest BCUT2D eigenvalue weighted by molar-refractivity contribution is 5.69. The summed E-state index contributed by atoms with van der Waals surface area (Å²) in [5.74, 6) is -0.113. The van der Waals surface area contributed by atoms with Crippen molar-refractivity contribution < 1.29 is 9.53 Å². The topological polar surface area (TPSA) is 26.3 Å². The molecule has 0 aromatic carbocycles. The van der Waals surface area contributed by atoms with E-state index >= 15 is 0 Å². The summed E-state index contributed by atoms with van der Waals surface area (Å²) in [5.41, 5.74) is 0. The summed E-state index contributed by atoms with van der Waals surface area (Å²) in [6.07, 6.45) is 5.30. The van der Waals surface area contributed by atoms with Gasteiger partial charge in [0.1, 0.15) is 6.61 Å². The van der Waals surface area contributed by atoms with E-state index < -0.39 is 0 Å². The highest BCUT2D eigenvalue weighted by Crippen LogP contribution is 1.99. The van der Waals surface area contributed by atoms with Crippen LogP contribution in [-0.4, -0.2) is 12.6 Å². The van der Waals surface area contributed by atoms with Crippen molar-refractivity contribution in [3.63, 3.8) is 0 Å². The molecule has 0 amide bonds. The predicted octanol–water partition coefficient (Wildman–Crippen LogP) is 2.93. The third-order valence-corrected chi connectivity index (χ3v) is 1.35. The number of carbonyl (C=O) groups excluding carboxylic acids is 1. The highest BCUT2D eigenvalue weighted by Gasteiger charge is 1.99. The Morgan fingerprint density at radius 1 is 1.50 bits per heavy atom. The summed E-state index contributed by atoms with van der Waals surface area (Å²) in [7, 11) is 0. The molecule has 2 heteroatoms. The number of ether oxygens (including phenoxy) is 1. The lowest BCUT2D eigenvalue weighted by Gasteiger charge is -1.99. The first-order chi connectivity index (χ1) is 5.31. The van der Waals surface area contributed by atoms with Crippen molar-refractivity contribution in [3.05, 3.63) is 12.7 Å². The molecule has 0 aromatic rings. The van der Waals surface area contributed by atoms with E-state index in [1.807, 2.05) is 0 Å². The molecule has 12 heavy (non-hydrogen) atoms. The molecular weight excluding hydrogens is 152 g/mol. The second kappa shape index (κ2) is 10.2. The number of hydrogen-bond donors (Lipinski definition) is 0. The van der Waals surface area contributed by atoms with Gasteiger partial charge in [-0.2, -0.15) is 0 Å². The fraction of sp³-hybridized carbons (Fsp3) is 0.700. The number of hydrogen-bond acceptors (Lipinski definition) is 2. The third-order valence-electron chi connectivity index (χ3n) is 1.35. The van der Waals surface area contributed by atoms with Crippen LogP contribution in [0.1, 0.15) is 40.0 Å². The van der Waals surface area contributed by atoms with Crippen LogP contribution in [0.5, 0.6) is 0 Å². The van der Waals surface area contributed by atoms with Gasteiger partial charge in [-0.15, -0.1) is 0 Å². The largest absolute Gasteiger partial charge is 0.461 e. The van der Waals surface area contributed by atoms with Crippen LogP contribution >= 0.6 is 0 Å². The Labute approximate surface area is 75.6 Å². The maximum atomic E-state index is 10.8. The van der Waals surface area contributed by atoms with Gasteiger partial charge in [0.15, 0.2) is 0 Å². The molecule has 0 heterocycles. The van der Waals surface area contributed by atoms with Gasteiger partial charge < -0.3 is 4.74 Å². The van der Waals surface area contributed by atoms with Crippen molar-refractivity contribution in [3.8, 4) is 0 Å². The van der Waals surface area contributed by atoms with E-state index in [9.17, 15) is 4.79 Å². The molecule has 0 aliphatic rings. The second-order valence-corrected chi connectivity index (χ2v) is 2.43. The molecule has 0 rings (SSSR count). The lowest BCUT2D eigenvalue weighted by molar-refractivity contribution is -0.142. The van der Waals surface area contributed by atoms with E-state index in [4.69, 9.17) is 4.74 Å². The minimum absolute atomic E-state index is 0. The van der Waals surface area contributed by atoms with Crippen molar-refractivity contribution in [1.82, 2.24) is 0 Å². The van der Waals surface area contributed by atoms with E-state index in [1.54, 1.807) is 6.08 Å². The van der Waals surface area contributed by atoms with Gasteiger partial charge in [0.05, 0.1) is 0 Å². The zero-order valence-corrected chi connectivity index (χ0v) is 7.14. The molecule has 0 N–H and O–H groups in total. The molecule has 0 radical (unpaired) electrons. The molecule has 0 aliphatic carbocycles. The lowest BCUT2D eigenvalue weighted by atomic mass is 10.2. The Morgan fingerprint density at radius 2 is 2.17 bits per heavy atom. The smallest absolute Gasteiger partial charge is 0.306 e. The number of carbonyl (C=O) groups is 1. The molecule has 72 valence electrons. The Balaban J connectivity index is 0. The highest BCUT2D eigenvalue weighted by atomic mass is 16.5. The van der Waals surface area contributed by atoms with Gasteiger partial charge in [-0.25, -0.2) is 0 Å². The van der Waals surface area contributed by atoms with Gasteiger partial charge in [-0.05, 0) is 6.42 Å². The second-order valence-electron chi connectivity index (χ2n) is 2.43. The minimum atomic E-state index is -0.113. The molecule has 0 saturated heterocycles. The van der Waals surface area contributed by atoms with Crippen LogP contribution in [-0.2, 0) is 9.53 Å². The SMILES string of the molecule is C.C=CCOC(=O)CCCCC. The third kappa shape index (κ3) is 9.21. The average molecular weight is 172 g/mol. The van der Waals surface area contributed by atoms with Gasteiger partial charge in [-0.3, -0.25) is 4.79 Å². The summed E-state index contributed by atoms with van der Waals surface area (Å²) in [4.78, 5) is 10.8. The number of esters is 1. The van der Waals surface area contributed by atoms with Crippen molar-refractivity contribution in [1.29, 1.82) is 0 Å². The number of rotatable bonds is 6. The van der Waals surface area contributed by atoms with E-state index in [1.165, 1.54) is 0 Å². The van der Waals surface area contributed by atoms with Gasteiger partial charge in [-0.1, -0.05) is 39.8 Å². The van der Waals surface area contributed by atoms with Crippen molar-refractivity contribution >= 4 is 5.97 Å². The van der Waals surface area contributed by atoms with E-state index in [-0.39, 0.29) is 13.4 Å². The van der Waals surface area contributed by atoms with Gasteiger partial charge in [0, 0.05) is 6.42 Å². The molecule has 0 atom stereocenters. The summed E-state index contributed by atoms with van der Waals surface area (Å²) < 4.78 is 4.78. The number of unbranched alkanes of at least 4 members (excludes halogenated alkanes) is 2. The van der Waals surface area contributed by atoms with Crippen LogP contribution in [0.2, 0.25) is 0 Å². The zero-order valence-electron chi connectivity index (χ0n) is 7.14. The van der Waals surface area contributed by atoms with Crippen molar-refractivity contribution in [2.75, 3.05) is 6.61 Å². The summed E-state index contributed by atoms with van der Waals surface area (Å²) in [5, 5.41) is 0. The maximum Gasteiger partial charge on any atom is 0.306 e. The molecule has 0 bridgehead atoms. The van der Waals surface area contributed by atoms with Crippen LogP contribution in [0.15, 0.2) is 12.7 Å². The van der Waals surface area contributed by atoms with E-state index in [0.29, 0.717) is 13.0 Å². The summed E-state index contributed by atoms with van der Waals surface area (Å²) >= 11 is 0. The Kier molecular flexibility index (Phi) is 11.7. The molecule has 0 aromatic heterocycles. The van der Waals surface area contributed by atoms with Gasteiger partial charge in [0.25, 0.3) is 0 Å². The minimum Gasteiger partial charge on any atom is -0.461 e. The maximum absolute atomic E-state index is 10.8. The zero-order chi connectivity index (χ0) is 8.53. The van der Waals surface area contributed by atoms with E-state index in [0.717, 1.165) is 19.3 Å². The summed E-state index contributed by atoms with van der Waals surface area (Å²) in [6.45, 7) is 5.90. The summed E-state index contributed by atoms with van der Waals surface area (Å²) in [6, 6.07) is 0. The van der Waals surface area contributed by atoms with Crippen LogP contribution < -0.4 is 0 Å². The first-order valence-electron chi connectivity index (χ1n) is 4.07.